The first-order valence-corrected chi connectivity index (χ1v) is 7.54. The Balaban J connectivity index is 1.72. The molecule has 2 saturated heterocycles. The minimum Gasteiger partial charge on any atom is -0.341 e. The highest BCUT2D eigenvalue weighted by Gasteiger charge is 2.24. The Labute approximate surface area is 116 Å². The van der Waals surface area contributed by atoms with Crippen molar-refractivity contribution in [2.45, 2.75) is 25.3 Å². The molecule has 5 heteroatoms. The molecule has 2 heterocycles. The summed E-state index contributed by atoms with van der Waals surface area (Å²) in [6.07, 6.45) is 3.02. The molecule has 0 aromatic rings. The van der Waals surface area contributed by atoms with Gasteiger partial charge in [0.15, 0.2) is 0 Å². The van der Waals surface area contributed by atoms with Crippen LogP contribution in [0.3, 0.4) is 0 Å². The largest absolute Gasteiger partial charge is 0.341 e. The molecule has 19 heavy (non-hydrogen) atoms. The number of piperidine rings is 1. The fourth-order valence-corrected chi connectivity index (χ4v) is 3.02. The van der Waals surface area contributed by atoms with Crippen molar-refractivity contribution in [2.24, 2.45) is 0 Å². The molecule has 0 saturated carbocycles. The third-order valence-electron chi connectivity index (χ3n) is 4.39. The number of piperazine rings is 1. The van der Waals surface area contributed by atoms with Crippen molar-refractivity contribution < 1.29 is 4.79 Å². The predicted molar refractivity (Wildman–Crippen MR) is 77.2 cm³/mol. The maximum atomic E-state index is 12.3. The molecule has 0 bridgehead atoms. The van der Waals surface area contributed by atoms with E-state index >= 15 is 0 Å². The van der Waals surface area contributed by atoms with Crippen LogP contribution in [-0.2, 0) is 4.79 Å². The van der Waals surface area contributed by atoms with Crippen LogP contribution in [0.2, 0.25) is 0 Å². The van der Waals surface area contributed by atoms with E-state index in [-0.39, 0.29) is 0 Å². The number of likely N-dealkylation sites (tertiary alicyclic amines) is 1. The average Bonchev–Trinajstić information content (AvgIpc) is 2.45. The first kappa shape index (κ1) is 14.8. The van der Waals surface area contributed by atoms with E-state index in [0.29, 0.717) is 18.4 Å². The molecule has 0 aromatic carbocycles. The van der Waals surface area contributed by atoms with Gasteiger partial charge in [-0.15, -0.1) is 0 Å². The van der Waals surface area contributed by atoms with Crippen molar-refractivity contribution in [3.8, 4) is 0 Å². The van der Waals surface area contributed by atoms with Crippen LogP contribution < -0.4 is 5.32 Å². The maximum Gasteiger partial charge on any atom is 0.223 e. The number of rotatable bonds is 4. The standard InChI is InChI=1S/C14H28N4O/c1-16-8-3-4-13(12-16)17(2)14(19)5-9-18-10-6-15-7-11-18/h13,15H,3-12H2,1-2H3. The Morgan fingerprint density at radius 3 is 2.74 bits per heavy atom. The molecule has 1 N–H and O–H groups in total. The van der Waals surface area contributed by atoms with Gasteiger partial charge in [0.1, 0.15) is 0 Å². The normalized spacial score (nSPS) is 26.3. The molecule has 2 aliphatic rings. The zero-order chi connectivity index (χ0) is 13.7. The highest BCUT2D eigenvalue weighted by Crippen LogP contribution is 2.14. The predicted octanol–water partition coefficient (Wildman–Crippen LogP) is -0.166. The number of likely N-dealkylation sites (N-methyl/N-ethyl adjacent to an activating group) is 2. The lowest BCUT2D eigenvalue weighted by Crippen LogP contribution is -2.48. The molecule has 1 atom stereocenters. The van der Waals surface area contributed by atoms with E-state index in [1.54, 1.807) is 0 Å². The zero-order valence-corrected chi connectivity index (χ0v) is 12.4. The van der Waals surface area contributed by atoms with Gasteiger partial charge in [0.2, 0.25) is 5.91 Å². The van der Waals surface area contributed by atoms with E-state index in [1.165, 1.54) is 13.0 Å². The Kier molecular flexibility index (Phi) is 5.60. The summed E-state index contributed by atoms with van der Waals surface area (Å²) >= 11 is 0. The molecule has 1 unspecified atom stereocenters. The first-order valence-electron chi connectivity index (χ1n) is 7.54. The highest BCUT2D eigenvalue weighted by atomic mass is 16.2. The van der Waals surface area contributed by atoms with Crippen LogP contribution in [0.5, 0.6) is 0 Å². The second-order valence-electron chi connectivity index (χ2n) is 5.90. The van der Waals surface area contributed by atoms with Crippen LogP contribution >= 0.6 is 0 Å². The number of carbonyl (C=O) groups excluding carboxylic acids is 1. The van der Waals surface area contributed by atoms with Crippen LogP contribution in [0.1, 0.15) is 19.3 Å². The second-order valence-corrected chi connectivity index (χ2v) is 5.90. The summed E-state index contributed by atoms with van der Waals surface area (Å²) in [5, 5.41) is 3.34. The topological polar surface area (TPSA) is 38.8 Å². The van der Waals surface area contributed by atoms with Crippen molar-refractivity contribution in [3.63, 3.8) is 0 Å². The van der Waals surface area contributed by atoms with Crippen LogP contribution in [0.25, 0.3) is 0 Å². The first-order chi connectivity index (χ1) is 9.16. The Bertz CT molecular complexity index is 291. The third kappa shape index (κ3) is 4.44. The lowest BCUT2D eigenvalue weighted by atomic mass is 10.0. The maximum absolute atomic E-state index is 12.3. The van der Waals surface area contributed by atoms with E-state index in [4.69, 9.17) is 0 Å². The quantitative estimate of drug-likeness (QED) is 0.769. The molecule has 2 aliphatic heterocycles. The number of nitrogens with zero attached hydrogens (tertiary/aromatic N) is 3. The average molecular weight is 268 g/mol. The smallest absolute Gasteiger partial charge is 0.223 e. The Morgan fingerprint density at radius 1 is 1.32 bits per heavy atom. The summed E-state index contributed by atoms with van der Waals surface area (Å²) in [7, 11) is 4.12. The van der Waals surface area contributed by atoms with E-state index in [2.05, 4.69) is 22.2 Å². The van der Waals surface area contributed by atoms with Crippen LogP contribution in [-0.4, -0.2) is 86.6 Å². The van der Waals surface area contributed by atoms with Gasteiger partial charge in [-0.1, -0.05) is 0 Å². The minimum atomic E-state index is 0.304. The fraction of sp³-hybridized carbons (Fsp3) is 0.929. The van der Waals surface area contributed by atoms with Crippen molar-refractivity contribution in [2.75, 3.05) is 59.9 Å². The van der Waals surface area contributed by atoms with Crippen molar-refractivity contribution in [1.29, 1.82) is 0 Å². The summed E-state index contributed by atoms with van der Waals surface area (Å²) in [6, 6.07) is 0.411. The van der Waals surface area contributed by atoms with Crippen molar-refractivity contribution in [1.82, 2.24) is 20.0 Å². The van der Waals surface area contributed by atoms with E-state index in [0.717, 1.165) is 45.7 Å². The Morgan fingerprint density at radius 2 is 2.05 bits per heavy atom. The molecule has 0 aromatic heterocycles. The van der Waals surface area contributed by atoms with E-state index in [1.807, 2.05) is 11.9 Å². The van der Waals surface area contributed by atoms with Gasteiger partial charge in [-0.2, -0.15) is 0 Å². The lowest BCUT2D eigenvalue weighted by Gasteiger charge is -2.36. The minimum absolute atomic E-state index is 0.304. The second kappa shape index (κ2) is 7.22. The summed E-state index contributed by atoms with van der Waals surface area (Å²) in [6.45, 7) is 7.35. The number of hydrogen-bond acceptors (Lipinski definition) is 4. The molecule has 0 aliphatic carbocycles. The summed E-state index contributed by atoms with van der Waals surface area (Å²) in [4.78, 5) is 19.0. The number of carbonyl (C=O) groups is 1. The molecule has 110 valence electrons. The highest BCUT2D eigenvalue weighted by molar-refractivity contribution is 5.76. The van der Waals surface area contributed by atoms with Crippen molar-refractivity contribution in [3.05, 3.63) is 0 Å². The fourth-order valence-electron chi connectivity index (χ4n) is 3.02. The van der Waals surface area contributed by atoms with Gasteiger partial charge in [-0.3, -0.25) is 4.79 Å². The molecular weight excluding hydrogens is 240 g/mol. The molecular formula is C14H28N4O. The summed E-state index contributed by atoms with van der Waals surface area (Å²) < 4.78 is 0. The molecule has 0 spiro atoms. The molecule has 2 fully saturated rings. The van der Waals surface area contributed by atoms with Crippen LogP contribution in [0, 0.1) is 0 Å². The Hall–Kier alpha value is -0.650. The number of nitrogens with one attached hydrogen (secondary N) is 1. The molecule has 2 rings (SSSR count). The lowest BCUT2D eigenvalue weighted by molar-refractivity contribution is -0.133. The van der Waals surface area contributed by atoms with Gasteiger partial charge < -0.3 is 20.0 Å². The third-order valence-corrected chi connectivity index (χ3v) is 4.39. The van der Waals surface area contributed by atoms with E-state index < -0.39 is 0 Å². The van der Waals surface area contributed by atoms with Crippen molar-refractivity contribution >= 4 is 5.91 Å². The SMILES string of the molecule is CN1CCCC(N(C)C(=O)CCN2CCNCC2)C1. The van der Waals surface area contributed by atoms with Gasteiger partial charge in [-0.25, -0.2) is 0 Å². The van der Waals surface area contributed by atoms with Gasteiger partial charge in [0.05, 0.1) is 0 Å². The molecule has 1 amide bonds. The zero-order valence-electron chi connectivity index (χ0n) is 12.4. The van der Waals surface area contributed by atoms with Gasteiger partial charge in [0, 0.05) is 58.8 Å². The van der Waals surface area contributed by atoms with E-state index in [9.17, 15) is 4.79 Å². The molecule has 5 nitrogen and oxygen atoms in total. The number of amides is 1. The van der Waals surface area contributed by atoms with Crippen LogP contribution in [0.15, 0.2) is 0 Å². The van der Waals surface area contributed by atoms with Gasteiger partial charge in [0.25, 0.3) is 0 Å². The number of hydrogen-bond donors (Lipinski definition) is 1. The van der Waals surface area contributed by atoms with Crippen LogP contribution in [0.4, 0.5) is 0 Å². The molecule has 0 radical (unpaired) electrons. The van der Waals surface area contributed by atoms with Gasteiger partial charge in [-0.05, 0) is 26.4 Å². The summed E-state index contributed by atoms with van der Waals surface area (Å²) in [5.41, 5.74) is 0. The summed E-state index contributed by atoms with van der Waals surface area (Å²) in [5.74, 6) is 0.304. The van der Waals surface area contributed by atoms with Gasteiger partial charge >= 0.3 is 0 Å². The monoisotopic (exact) mass is 268 g/mol.